The second-order valence-corrected chi connectivity index (χ2v) is 16.6. The van der Waals surface area contributed by atoms with Crippen molar-refractivity contribution in [1.29, 1.82) is 0 Å². The summed E-state index contributed by atoms with van der Waals surface area (Å²) >= 11 is 12.5. The number of hydrogen-bond acceptors (Lipinski definition) is 12. The molecule has 310 valence electrons. The van der Waals surface area contributed by atoms with Crippen LogP contribution in [0.4, 0.5) is 32.3 Å². The number of nitrogens with one attached hydrogen (secondary N) is 4. The summed E-state index contributed by atoms with van der Waals surface area (Å²) in [5.74, 6) is -0.280. The van der Waals surface area contributed by atoms with E-state index in [9.17, 15) is 28.4 Å². The first-order chi connectivity index (χ1) is 28.5. The van der Waals surface area contributed by atoms with Crippen LogP contribution in [0.25, 0.3) is 23.4 Å². The van der Waals surface area contributed by atoms with Crippen molar-refractivity contribution in [2.45, 2.75) is 83.9 Å². The number of carbonyl (C=O) groups is 5. The Morgan fingerprint density at radius 1 is 0.883 bits per heavy atom. The van der Waals surface area contributed by atoms with Gasteiger partial charge in [0.15, 0.2) is 11.3 Å². The lowest BCUT2D eigenvalue weighted by atomic mass is 10.1. The highest BCUT2D eigenvalue weighted by Crippen LogP contribution is 2.36. The van der Waals surface area contributed by atoms with Gasteiger partial charge >= 0.3 is 6.09 Å². The highest BCUT2D eigenvalue weighted by atomic mass is 35.5. The van der Waals surface area contributed by atoms with Crippen LogP contribution in [-0.4, -0.2) is 76.6 Å². The second-order valence-electron chi connectivity index (χ2n) is 15.8. The first-order valence-electron chi connectivity index (χ1n) is 19.0. The van der Waals surface area contributed by atoms with Crippen molar-refractivity contribution in [3.8, 4) is 0 Å². The van der Waals surface area contributed by atoms with E-state index in [0.29, 0.717) is 62.5 Å². The summed E-state index contributed by atoms with van der Waals surface area (Å²) in [6, 6.07) is 6.59. The Bertz CT molecular complexity index is 2710. The van der Waals surface area contributed by atoms with Crippen molar-refractivity contribution < 1.29 is 33.1 Å². The fourth-order valence-corrected chi connectivity index (χ4v) is 6.85. The van der Waals surface area contributed by atoms with E-state index in [4.69, 9.17) is 27.9 Å². The Morgan fingerprint density at radius 3 is 2.03 bits per heavy atom. The number of amides is 5. The fraction of sp³-hybridized carbons (Fsp3) is 0.325. The molecule has 20 heteroatoms. The van der Waals surface area contributed by atoms with Crippen LogP contribution < -0.4 is 26.2 Å². The number of fused-ring (bicyclic) bond motifs is 2. The quantitative estimate of drug-likeness (QED) is 0.0772. The predicted octanol–water partition coefficient (Wildman–Crippen LogP) is 6.29. The molecule has 0 spiro atoms. The lowest BCUT2D eigenvalue weighted by molar-refractivity contribution is -0.125. The summed E-state index contributed by atoms with van der Waals surface area (Å²) in [7, 11) is 0. The van der Waals surface area contributed by atoms with Gasteiger partial charge in [0.25, 0.3) is 11.8 Å². The van der Waals surface area contributed by atoms with Gasteiger partial charge in [0.2, 0.25) is 11.8 Å². The van der Waals surface area contributed by atoms with Crippen molar-refractivity contribution in [3.63, 3.8) is 0 Å². The number of aryl methyl sites for hydroxylation is 1. The van der Waals surface area contributed by atoms with Crippen molar-refractivity contribution in [3.05, 3.63) is 80.5 Å². The third kappa shape index (κ3) is 8.79. The van der Waals surface area contributed by atoms with Crippen LogP contribution in [0.1, 0.15) is 76.0 Å². The van der Waals surface area contributed by atoms with Crippen molar-refractivity contribution in [2.24, 2.45) is 0 Å². The predicted molar refractivity (Wildman–Crippen MR) is 220 cm³/mol. The zero-order valence-electron chi connectivity index (χ0n) is 32.7. The number of imide groups is 2. The van der Waals surface area contributed by atoms with Gasteiger partial charge in [0.1, 0.15) is 34.0 Å². The minimum Gasteiger partial charge on any atom is -0.443 e. The third-order valence-corrected chi connectivity index (χ3v) is 10.1. The third-order valence-electron chi connectivity index (χ3n) is 9.59. The zero-order chi connectivity index (χ0) is 42.6. The zero-order valence-corrected chi connectivity index (χ0v) is 34.2. The summed E-state index contributed by atoms with van der Waals surface area (Å²) in [6.45, 7) is 7.06. The van der Waals surface area contributed by atoms with Gasteiger partial charge in [-0.3, -0.25) is 34.7 Å². The molecule has 4 N–H and O–H groups in total. The summed E-state index contributed by atoms with van der Waals surface area (Å²) in [5, 5.41) is 20.2. The Morgan fingerprint density at radius 2 is 1.48 bits per heavy atom. The summed E-state index contributed by atoms with van der Waals surface area (Å²) in [5.41, 5.74) is 3.00. The number of halogens is 3. The Hall–Kier alpha value is -6.40. The van der Waals surface area contributed by atoms with Gasteiger partial charge in [0, 0.05) is 46.5 Å². The van der Waals surface area contributed by atoms with Gasteiger partial charge < -0.3 is 15.4 Å². The van der Waals surface area contributed by atoms with Crippen LogP contribution in [0.5, 0.6) is 0 Å². The number of ether oxygens (including phenoxy) is 1. The largest absolute Gasteiger partial charge is 0.443 e. The fourth-order valence-electron chi connectivity index (χ4n) is 6.48. The number of benzene rings is 1. The lowest BCUT2D eigenvalue weighted by Crippen LogP contribution is -2.39. The monoisotopic (exact) mass is 857 g/mol. The molecule has 2 saturated heterocycles. The van der Waals surface area contributed by atoms with E-state index in [0.717, 1.165) is 31.5 Å². The van der Waals surface area contributed by atoms with Crippen molar-refractivity contribution in [2.75, 3.05) is 15.5 Å². The molecule has 0 bridgehead atoms. The Balaban J connectivity index is 0.000000167. The molecule has 2 aliphatic heterocycles. The van der Waals surface area contributed by atoms with E-state index in [2.05, 4.69) is 41.4 Å². The molecule has 6 heterocycles. The molecular formula is C40H38Cl2FN11O6. The summed E-state index contributed by atoms with van der Waals surface area (Å²) in [6.07, 6.45) is 9.66. The first kappa shape index (κ1) is 40.4. The molecular weight excluding hydrogens is 820 g/mol. The van der Waals surface area contributed by atoms with Gasteiger partial charge in [-0.15, -0.1) is 0 Å². The number of nitrogens with zero attached hydrogens (tertiary/aromatic N) is 7. The van der Waals surface area contributed by atoms with Gasteiger partial charge in [-0.25, -0.2) is 19.2 Å². The van der Waals surface area contributed by atoms with Crippen LogP contribution in [0.3, 0.4) is 0 Å². The van der Waals surface area contributed by atoms with E-state index >= 15 is 0 Å². The number of hydrogen-bond donors (Lipinski definition) is 4. The van der Waals surface area contributed by atoms with Crippen LogP contribution in [0.2, 0.25) is 10.2 Å². The summed E-state index contributed by atoms with van der Waals surface area (Å²) in [4.78, 5) is 70.1. The van der Waals surface area contributed by atoms with Crippen LogP contribution >= 0.6 is 23.2 Å². The molecule has 0 unspecified atom stereocenters. The molecule has 5 amide bonds. The van der Waals surface area contributed by atoms with E-state index < -0.39 is 23.5 Å². The van der Waals surface area contributed by atoms with Gasteiger partial charge in [-0.2, -0.15) is 19.2 Å². The molecule has 4 aliphatic rings. The van der Waals surface area contributed by atoms with Crippen molar-refractivity contribution in [1.82, 2.24) is 39.8 Å². The molecule has 0 atom stereocenters. The minimum atomic E-state index is -0.651. The average molecular weight is 859 g/mol. The maximum Gasteiger partial charge on any atom is 0.416 e. The minimum absolute atomic E-state index is 0.00393. The molecule has 4 aromatic heterocycles. The lowest BCUT2D eigenvalue weighted by Gasteiger charge is -2.27. The van der Waals surface area contributed by atoms with Crippen LogP contribution in [0.15, 0.2) is 47.8 Å². The number of rotatable bonds is 8. The first-order valence-corrected chi connectivity index (χ1v) is 19.8. The summed E-state index contributed by atoms with van der Waals surface area (Å²) < 4.78 is 22.5. The van der Waals surface area contributed by atoms with E-state index in [1.807, 2.05) is 0 Å². The SMILES string of the molecule is CC(C)(C)OC(=O)N(c1cc(Cl)nc2c(/C=C3\CC(=O)NC3=O)cnn12)C1CC1.Cc1cc(Nc2cc(NC3CC3)n3ncc(/C=C4\CC(=O)NC4=O)c3n2)c(Cl)cc1F. The number of carbonyl (C=O) groups excluding carboxylic acids is 5. The van der Waals surface area contributed by atoms with E-state index in [-0.39, 0.29) is 46.7 Å². The Kier molecular flexibility index (Phi) is 10.5. The van der Waals surface area contributed by atoms with Crippen LogP contribution in [-0.2, 0) is 23.9 Å². The highest BCUT2D eigenvalue weighted by Gasteiger charge is 2.38. The average Bonchev–Trinajstić information content (AvgIpc) is 4.03. The normalized spacial score (nSPS) is 17.9. The second kappa shape index (κ2) is 15.6. The number of anilines is 4. The standard InChI is InChI=1S/C21H18ClFN6O2.C19H20ClN5O4/c1-10-4-16(14(22)7-15(10)23)26-17-8-18(25-13-2-3-13)29-20(27-17)12(9-24-29)5-11-6-19(30)28-21(11)31;1-19(2,3)29-18(28)24(12-4-5-12)15-8-13(20)22-16-11(9-21-25(15)16)6-10-7-14(26)23-17(10)27/h4-5,7-9,13,25H,2-3,6H2,1H3,(H,26,27)(H,28,30,31);6,8-9,12H,4-5,7H2,1-3H3,(H,23,26,27)/b11-5+;10-6+. The molecule has 17 nitrogen and oxygen atoms in total. The molecule has 4 fully saturated rings. The molecule has 5 aromatic rings. The smallest absolute Gasteiger partial charge is 0.416 e. The van der Waals surface area contributed by atoms with Crippen LogP contribution in [0, 0.1) is 12.7 Å². The van der Waals surface area contributed by atoms with Gasteiger partial charge in [-0.05, 0) is 83.2 Å². The molecule has 9 rings (SSSR count). The molecule has 0 radical (unpaired) electrons. The number of aromatic nitrogens is 6. The highest BCUT2D eigenvalue weighted by molar-refractivity contribution is 6.33. The molecule has 60 heavy (non-hydrogen) atoms. The van der Waals surface area contributed by atoms with E-state index in [1.54, 1.807) is 73.7 Å². The van der Waals surface area contributed by atoms with E-state index in [1.165, 1.54) is 16.8 Å². The molecule has 1 aromatic carbocycles. The maximum absolute atomic E-state index is 13.8. The maximum atomic E-state index is 13.8. The topological polar surface area (TPSA) is 206 Å². The van der Waals surface area contributed by atoms with Gasteiger partial charge in [0.05, 0.1) is 35.9 Å². The van der Waals surface area contributed by atoms with Crippen molar-refractivity contribution >= 4 is 99.5 Å². The Labute approximate surface area is 351 Å². The van der Waals surface area contributed by atoms with Gasteiger partial charge in [-0.1, -0.05) is 23.2 Å². The molecule has 2 saturated carbocycles. The molecule has 2 aliphatic carbocycles.